The normalized spacial score (nSPS) is 11.6. The molecule has 1 heterocycles. The molecule has 1 aromatic heterocycles. The zero-order valence-corrected chi connectivity index (χ0v) is 13.8. The standard InChI is InChI=1S/C17H13ClF3N3O/c1-25-13-7-5-10(6-8-13)14-15(17(19,20)21)23-24(16(14)22)12-4-2-3-11(18)9-12/h2-9H,22H2,1H3. The Bertz CT molecular complexity index is 904. The summed E-state index contributed by atoms with van der Waals surface area (Å²) >= 11 is 5.92. The second-order valence-electron chi connectivity index (χ2n) is 5.23. The molecule has 0 aliphatic rings. The largest absolute Gasteiger partial charge is 0.497 e. The number of rotatable bonds is 3. The van der Waals surface area contributed by atoms with Crippen LogP contribution in [0.25, 0.3) is 16.8 Å². The maximum absolute atomic E-state index is 13.5. The fourth-order valence-corrected chi connectivity index (χ4v) is 2.66. The molecule has 0 saturated carbocycles. The van der Waals surface area contributed by atoms with Crippen molar-refractivity contribution in [3.05, 3.63) is 59.2 Å². The molecule has 0 aliphatic heterocycles. The molecule has 2 aromatic carbocycles. The second-order valence-corrected chi connectivity index (χ2v) is 5.66. The molecule has 0 spiro atoms. The average molecular weight is 368 g/mol. The lowest BCUT2D eigenvalue weighted by Crippen LogP contribution is -2.08. The summed E-state index contributed by atoms with van der Waals surface area (Å²) in [6.07, 6.45) is -4.66. The van der Waals surface area contributed by atoms with Gasteiger partial charge in [-0.15, -0.1) is 0 Å². The number of methoxy groups -OCH3 is 1. The highest BCUT2D eigenvalue weighted by Gasteiger charge is 2.39. The number of hydrogen-bond acceptors (Lipinski definition) is 3. The summed E-state index contributed by atoms with van der Waals surface area (Å²) in [7, 11) is 1.47. The molecule has 3 aromatic rings. The maximum Gasteiger partial charge on any atom is 0.435 e. The van der Waals surface area contributed by atoms with Crippen LogP contribution in [0.15, 0.2) is 48.5 Å². The van der Waals surface area contributed by atoms with Gasteiger partial charge < -0.3 is 10.5 Å². The van der Waals surface area contributed by atoms with Crippen molar-refractivity contribution in [3.63, 3.8) is 0 Å². The van der Waals surface area contributed by atoms with Crippen molar-refractivity contribution in [1.82, 2.24) is 9.78 Å². The smallest absolute Gasteiger partial charge is 0.435 e. The van der Waals surface area contributed by atoms with E-state index in [-0.39, 0.29) is 11.4 Å². The predicted octanol–water partition coefficient (Wildman–Crippen LogP) is 4.80. The van der Waals surface area contributed by atoms with E-state index in [0.717, 1.165) is 4.68 Å². The van der Waals surface area contributed by atoms with Gasteiger partial charge in [-0.25, -0.2) is 4.68 Å². The fourth-order valence-electron chi connectivity index (χ4n) is 2.48. The van der Waals surface area contributed by atoms with E-state index in [9.17, 15) is 13.2 Å². The third kappa shape index (κ3) is 3.28. The summed E-state index contributed by atoms with van der Waals surface area (Å²) < 4.78 is 46.5. The number of anilines is 1. The van der Waals surface area contributed by atoms with Crippen LogP contribution in [0.3, 0.4) is 0 Å². The molecule has 0 bridgehead atoms. The van der Waals surface area contributed by atoms with Crippen LogP contribution in [0.5, 0.6) is 5.75 Å². The quantitative estimate of drug-likeness (QED) is 0.723. The highest BCUT2D eigenvalue weighted by atomic mass is 35.5. The van der Waals surface area contributed by atoms with Gasteiger partial charge in [0.1, 0.15) is 11.6 Å². The Labute approximate surface area is 146 Å². The number of alkyl halides is 3. The molecule has 3 rings (SSSR count). The van der Waals surface area contributed by atoms with Crippen LogP contribution in [0, 0.1) is 0 Å². The van der Waals surface area contributed by atoms with E-state index in [1.54, 1.807) is 30.3 Å². The van der Waals surface area contributed by atoms with Crippen LogP contribution in [0.1, 0.15) is 5.69 Å². The number of aromatic nitrogens is 2. The van der Waals surface area contributed by atoms with Gasteiger partial charge in [0.05, 0.1) is 18.4 Å². The van der Waals surface area contributed by atoms with E-state index in [0.29, 0.717) is 22.0 Å². The fraction of sp³-hybridized carbons (Fsp3) is 0.118. The van der Waals surface area contributed by atoms with Crippen LogP contribution >= 0.6 is 11.6 Å². The Balaban J connectivity index is 2.22. The first-order valence-electron chi connectivity index (χ1n) is 7.17. The minimum Gasteiger partial charge on any atom is -0.497 e. The number of benzene rings is 2. The lowest BCUT2D eigenvalue weighted by molar-refractivity contribution is -0.140. The first-order valence-corrected chi connectivity index (χ1v) is 7.55. The van der Waals surface area contributed by atoms with Gasteiger partial charge >= 0.3 is 6.18 Å². The van der Waals surface area contributed by atoms with E-state index in [1.165, 1.54) is 25.3 Å². The second kappa shape index (κ2) is 6.33. The Morgan fingerprint density at radius 1 is 1.12 bits per heavy atom. The Morgan fingerprint density at radius 2 is 1.80 bits per heavy atom. The number of ether oxygens (including phenoxy) is 1. The van der Waals surface area contributed by atoms with Crippen LogP contribution < -0.4 is 10.5 Å². The molecular weight excluding hydrogens is 355 g/mol. The maximum atomic E-state index is 13.5. The lowest BCUT2D eigenvalue weighted by atomic mass is 10.0. The Kier molecular flexibility index (Phi) is 4.34. The Morgan fingerprint density at radius 3 is 2.36 bits per heavy atom. The molecule has 0 unspecified atom stereocenters. The van der Waals surface area contributed by atoms with Crippen LogP contribution in [-0.2, 0) is 6.18 Å². The summed E-state index contributed by atoms with van der Waals surface area (Å²) in [6.45, 7) is 0. The molecule has 2 N–H and O–H groups in total. The monoisotopic (exact) mass is 367 g/mol. The van der Waals surface area contributed by atoms with Gasteiger partial charge in [-0.3, -0.25) is 0 Å². The SMILES string of the molecule is COc1ccc(-c2c(C(F)(F)F)nn(-c3cccc(Cl)c3)c2N)cc1. The van der Waals surface area contributed by atoms with E-state index < -0.39 is 11.9 Å². The Hall–Kier alpha value is -2.67. The van der Waals surface area contributed by atoms with Gasteiger partial charge in [-0.1, -0.05) is 29.8 Å². The molecule has 25 heavy (non-hydrogen) atoms. The molecule has 4 nitrogen and oxygen atoms in total. The minimum absolute atomic E-state index is 0.125. The minimum atomic E-state index is -4.66. The number of nitrogen functional groups attached to an aromatic ring is 1. The van der Waals surface area contributed by atoms with Crippen LogP contribution in [0.4, 0.5) is 19.0 Å². The van der Waals surface area contributed by atoms with Gasteiger partial charge in [-0.2, -0.15) is 18.3 Å². The average Bonchev–Trinajstić information content (AvgIpc) is 2.92. The van der Waals surface area contributed by atoms with Gasteiger partial charge in [-0.05, 0) is 35.9 Å². The third-order valence-electron chi connectivity index (χ3n) is 3.62. The molecular formula is C17H13ClF3N3O. The summed E-state index contributed by atoms with van der Waals surface area (Å²) in [5.74, 6) is 0.401. The van der Waals surface area contributed by atoms with E-state index in [1.807, 2.05) is 0 Å². The van der Waals surface area contributed by atoms with Crippen molar-refractivity contribution in [2.24, 2.45) is 0 Å². The summed E-state index contributed by atoms with van der Waals surface area (Å²) in [5, 5.41) is 4.06. The van der Waals surface area contributed by atoms with Crippen molar-refractivity contribution in [1.29, 1.82) is 0 Å². The lowest BCUT2D eigenvalue weighted by Gasteiger charge is -2.08. The molecule has 0 radical (unpaired) electrons. The molecule has 0 saturated heterocycles. The van der Waals surface area contributed by atoms with E-state index >= 15 is 0 Å². The topological polar surface area (TPSA) is 53.1 Å². The zero-order chi connectivity index (χ0) is 18.2. The highest BCUT2D eigenvalue weighted by molar-refractivity contribution is 6.30. The molecule has 0 atom stereocenters. The summed E-state index contributed by atoms with van der Waals surface area (Å²) in [5.41, 5.74) is 5.40. The van der Waals surface area contributed by atoms with Gasteiger partial charge in [0.15, 0.2) is 5.69 Å². The molecule has 0 fully saturated rings. The van der Waals surface area contributed by atoms with Crippen molar-refractivity contribution in [3.8, 4) is 22.6 Å². The summed E-state index contributed by atoms with van der Waals surface area (Å²) in [4.78, 5) is 0. The third-order valence-corrected chi connectivity index (χ3v) is 3.86. The molecule has 0 amide bonds. The van der Waals surface area contributed by atoms with E-state index in [2.05, 4.69) is 5.10 Å². The van der Waals surface area contributed by atoms with Gasteiger partial charge in [0, 0.05) is 5.02 Å². The van der Waals surface area contributed by atoms with Gasteiger partial charge in [0.25, 0.3) is 0 Å². The van der Waals surface area contributed by atoms with Crippen LogP contribution in [-0.4, -0.2) is 16.9 Å². The van der Waals surface area contributed by atoms with Crippen LogP contribution in [0.2, 0.25) is 5.02 Å². The van der Waals surface area contributed by atoms with Crippen molar-refractivity contribution in [2.75, 3.05) is 12.8 Å². The summed E-state index contributed by atoms with van der Waals surface area (Å²) in [6, 6.07) is 12.4. The first kappa shape index (κ1) is 17.2. The molecule has 130 valence electrons. The molecule has 8 heteroatoms. The highest BCUT2D eigenvalue weighted by Crippen LogP contribution is 2.41. The molecule has 0 aliphatic carbocycles. The van der Waals surface area contributed by atoms with Gasteiger partial charge in [0.2, 0.25) is 0 Å². The number of halogens is 4. The zero-order valence-electron chi connectivity index (χ0n) is 13.0. The van der Waals surface area contributed by atoms with Crippen molar-refractivity contribution >= 4 is 17.4 Å². The number of hydrogen-bond donors (Lipinski definition) is 1. The van der Waals surface area contributed by atoms with E-state index in [4.69, 9.17) is 22.1 Å². The van der Waals surface area contributed by atoms with Crippen molar-refractivity contribution < 1.29 is 17.9 Å². The number of nitrogens with zero attached hydrogens (tertiary/aromatic N) is 2. The first-order chi connectivity index (χ1) is 11.8. The predicted molar refractivity (Wildman–Crippen MR) is 90.0 cm³/mol. The van der Waals surface area contributed by atoms with Crippen molar-refractivity contribution in [2.45, 2.75) is 6.18 Å². The number of nitrogens with two attached hydrogens (primary N) is 1.